The van der Waals surface area contributed by atoms with Crippen LogP contribution in [0.15, 0.2) is 36.7 Å². The van der Waals surface area contributed by atoms with Gasteiger partial charge in [-0.2, -0.15) is 0 Å². The van der Waals surface area contributed by atoms with E-state index < -0.39 is 11.8 Å². The van der Waals surface area contributed by atoms with Gasteiger partial charge in [-0.1, -0.05) is 12.1 Å². The van der Waals surface area contributed by atoms with Crippen LogP contribution in [0.4, 0.5) is 5.69 Å². The number of hydrogen-bond donors (Lipinski definition) is 2. The number of nitrogens with one attached hydrogen (secondary N) is 2. The van der Waals surface area contributed by atoms with Crippen molar-refractivity contribution in [3.05, 3.63) is 48.0 Å². The highest BCUT2D eigenvalue weighted by atomic mass is 16.2. The maximum Gasteiger partial charge on any atom is 0.313 e. The molecule has 0 radical (unpaired) electrons. The van der Waals surface area contributed by atoms with Crippen LogP contribution in [0.5, 0.6) is 0 Å². The van der Waals surface area contributed by atoms with Crippen LogP contribution >= 0.6 is 0 Å². The van der Waals surface area contributed by atoms with Crippen molar-refractivity contribution in [3.63, 3.8) is 0 Å². The average Bonchev–Trinajstić information content (AvgIpc) is 2.92. The Hall–Kier alpha value is -2.96. The summed E-state index contributed by atoms with van der Waals surface area (Å²) in [5, 5.41) is 4.64. The molecule has 0 unspecified atom stereocenters. The first-order valence-corrected chi connectivity index (χ1v) is 6.18. The van der Waals surface area contributed by atoms with Crippen LogP contribution in [0, 0.1) is 0 Å². The molecular weight excluding hydrogens is 272 g/mol. The predicted molar refractivity (Wildman–Crippen MR) is 75.8 cm³/mol. The summed E-state index contributed by atoms with van der Waals surface area (Å²) in [5.74, 6) is -1.52. The summed E-state index contributed by atoms with van der Waals surface area (Å²) in [4.78, 5) is 38.9. The van der Waals surface area contributed by atoms with Crippen molar-refractivity contribution in [3.8, 4) is 0 Å². The van der Waals surface area contributed by atoms with Gasteiger partial charge < -0.3 is 15.2 Å². The van der Waals surface area contributed by atoms with E-state index in [9.17, 15) is 14.4 Å². The van der Waals surface area contributed by atoms with E-state index >= 15 is 0 Å². The second-order valence-corrected chi connectivity index (χ2v) is 4.30. The lowest BCUT2D eigenvalue weighted by Gasteiger charge is -2.06. The van der Waals surface area contributed by atoms with Crippen molar-refractivity contribution in [2.45, 2.75) is 0 Å². The maximum atomic E-state index is 12.3. The molecular formula is C14H14N4O3. The lowest BCUT2D eigenvalue weighted by Crippen LogP contribution is -2.32. The van der Waals surface area contributed by atoms with E-state index in [1.807, 2.05) is 0 Å². The van der Waals surface area contributed by atoms with Crippen LogP contribution in [0.25, 0.3) is 0 Å². The summed E-state index contributed by atoms with van der Waals surface area (Å²) < 4.78 is 1.61. The van der Waals surface area contributed by atoms with Crippen LogP contribution in [0.3, 0.4) is 0 Å². The Morgan fingerprint density at radius 2 is 1.95 bits per heavy atom. The monoisotopic (exact) mass is 286 g/mol. The highest BCUT2D eigenvalue weighted by Gasteiger charge is 2.15. The molecule has 0 spiro atoms. The van der Waals surface area contributed by atoms with Gasteiger partial charge in [0, 0.05) is 37.7 Å². The Morgan fingerprint density at radius 1 is 1.19 bits per heavy atom. The Labute approximate surface area is 121 Å². The number of aryl methyl sites for hydroxylation is 1. The van der Waals surface area contributed by atoms with Crippen molar-refractivity contribution in [1.82, 2.24) is 14.9 Å². The summed E-state index contributed by atoms with van der Waals surface area (Å²) in [7, 11) is 3.08. The molecule has 0 fully saturated rings. The lowest BCUT2D eigenvalue weighted by atomic mass is 10.1. The predicted octanol–water partition coefficient (Wildman–Crippen LogP) is 0.336. The molecule has 1 heterocycles. The van der Waals surface area contributed by atoms with E-state index in [4.69, 9.17) is 0 Å². The number of benzene rings is 1. The molecule has 0 bridgehead atoms. The molecule has 0 aliphatic carbocycles. The fourth-order valence-electron chi connectivity index (χ4n) is 1.75. The number of likely N-dealkylation sites (N-methyl/N-ethyl adjacent to an activating group) is 1. The fourth-order valence-corrected chi connectivity index (χ4v) is 1.75. The number of nitrogens with zero attached hydrogens (tertiary/aromatic N) is 2. The summed E-state index contributed by atoms with van der Waals surface area (Å²) in [5.41, 5.74) is 0.739. The number of amides is 2. The molecule has 2 rings (SSSR count). The topological polar surface area (TPSA) is 93.1 Å². The van der Waals surface area contributed by atoms with E-state index in [-0.39, 0.29) is 5.78 Å². The van der Waals surface area contributed by atoms with E-state index in [0.29, 0.717) is 17.1 Å². The zero-order valence-electron chi connectivity index (χ0n) is 11.6. The molecule has 2 amide bonds. The smallest absolute Gasteiger partial charge is 0.313 e. The van der Waals surface area contributed by atoms with Gasteiger partial charge in [0.25, 0.3) is 0 Å². The molecule has 0 aliphatic rings. The van der Waals surface area contributed by atoms with E-state index in [1.165, 1.54) is 19.3 Å². The molecule has 1 aromatic carbocycles. The van der Waals surface area contributed by atoms with Gasteiger partial charge in [-0.25, -0.2) is 4.98 Å². The molecule has 0 saturated heterocycles. The molecule has 21 heavy (non-hydrogen) atoms. The Bertz CT molecular complexity index is 706. The third-order valence-electron chi connectivity index (χ3n) is 2.84. The molecule has 0 aliphatic heterocycles. The lowest BCUT2D eigenvalue weighted by molar-refractivity contribution is -0.135. The van der Waals surface area contributed by atoms with Gasteiger partial charge in [0.05, 0.1) is 0 Å². The van der Waals surface area contributed by atoms with Crippen molar-refractivity contribution < 1.29 is 14.4 Å². The number of ketones is 1. The number of rotatable bonds is 3. The van der Waals surface area contributed by atoms with E-state index in [0.717, 1.165) is 0 Å². The third kappa shape index (κ3) is 3.14. The molecule has 2 N–H and O–H groups in total. The fraction of sp³-hybridized carbons (Fsp3) is 0.143. The Morgan fingerprint density at radius 3 is 2.57 bits per heavy atom. The second-order valence-electron chi connectivity index (χ2n) is 4.30. The second kappa shape index (κ2) is 6.00. The zero-order valence-corrected chi connectivity index (χ0v) is 11.6. The van der Waals surface area contributed by atoms with Gasteiger partial charge in [-0.3, -0.25) is 14.4 Å². The summed E-state index contributed by atoms with van der Waals surface area (Å²) >= 11 is 0. The van der Waals surface area contributed by atoms with Crippen LogP contribution in [-0.2, 0) is 16.6 Å². The molecule has 7 heteroatoms. The van der Waals surface area contributed by atoms with Gasteiger partial charge in [0.15, 0.2) is 5.82 Å². The molecule has 0 saturated carbocycles. The van der Waals surface area contributed by atoms with Crippen molar-refractivity contribution in [2.75, 3.05) is 12.4 Å². The molecule has 7 nitrogen and oxygen atoms in total. The average molecular weight is 286 g/mol. The largest absolute Gasteiger partial charge is 0.351 e. The van der Waals surface area contributed by atoms with Gasteiger partial charge in [-0.05, 0) is 12.1 Å². The zero-order chi connectivity index (χ0) is 15.4. The molecule has 0 atom stereocenters. The summed E-state index contributed by atoms with van der Waals surface area (Å²) in [6, 6.07) is 6.33. The first-order chi connectivity index (χ1) is 10.0. The van der Waals surface area contributed by atoms with Crippen molar-refractivity contribution in [2.24, 2.45) is 7.05 Å². The van der Waals surface area contributed by atoms with E-state index in [2.05, 4.69) is 15.6 Å². The number of aromatic nitrogens is 2. The number of anilines is 1. The van der Waals surface area contributed by atoms with Crippen molar-refractivity contribution in [1.29, 1.82) is 0 Å². The molecule has 2 aromatic rings. The number of hydrogen-bond acceptors (Lipinski definition) is 4. The third-order valence-corrected chi connectivity index (χ3v) is 2.84. The first-order valence-electron chi connectivity index (χ1n) is 6.18. The standard InChI is InChI=1S/C14H14N4O3/c1-15-13(20)14(21)17-10-5-3-4-9(8-10)11(19)12-16-6-7-18(12)2/h3-8H,1-2H3,(H,15,20)(H,17,21). The first kappa shape index (κ1) is 14.4. The molecule has 108 valence electrons. The van der Waals surface area contributed by atoms with Crippen LogP contribution in [0.2, 0.25) is 0 Å². The van der Waals surface area contributed by atoms with Gasteiger partial charge in [0.1, 0.15) is 0 Å². The van der Waals surface area contributed by atoms with Gasteiger partial charge in [-0.15, -0.1) is 0 Å². The minimum absolute atomic E-state index is 0.265. The quantitative estimate of drug-likeness (QED) is 0.628. The van der Waals surface area contributed by atoms with E-state index in [1.54, 1.807) is 36.0 Å². The highest BCUT2D eigenvalue weighted by molar-refractivity contribution is 6.39. The number of carbonyl (C=O) groups excluding carboxylic acids is 3. The number of imidazole rings is 1. The maximum absolute atomic E-state index is 12.3. The minimum atomic E-state index is -0.793. The summed E-state index contributed by atoms with van der Waals surface area (Å²) in [6.07, 6.45) is 3.20. The van der Waals surface area contributed by atoms with Crippen LogP contribution in [0.1, 0.15) is 16.2 Å². The minimum Gasteiger partial charge on any atom is -0.351 e. The van der Waals surface area contributed by atoms with Crippen LogP contribution < -0.4 is 10.6 Å². The van der Waals surface area contributed by atoms with Gasteiger partial charge >= 0.3 is 11.8 Å². The van der Waals surface area contributed by atoms with Crippen molar-refractivity contribution >= 4 is 23.3 Å². The summed E-state index contributed by atoms with van der Waals surface area (Å²) in [6.45, 7) is 0. The van der Waals surface area contributed by atoms with Gasteiger partial charge in [0.2, 0.25) is 5.78 Å². The Kier molecular flexibility index (Phi) is 4.13. The number of carbonyl (C=O) groups is 3. The molecule has 1 aromatic heterocycles. The normalized spacial score (nSPS) is 10.0. The van der Waals surface area contributed by atoms with Crippen LogP contribution in [-0.4, -0.2) is 34.2 Å². The Balaban J connectivity index is 2.22. The highest BCUT2D eigenvalue weighted by Crippen LogP contribution is 2.14. The SMILES string of the molecule is CNC(=O)C(=O)Nc1cccc(C(=O)c2nccn2C)c1.